The highest BCUT2D eigenvalue weighted by Crippen LogP contribution is 2.25. The lowest BCUT2D eigenvalue weighted by Crippen LogP contribution is -2.46. The van der Waals surface area contributed by atoms with E-state index in [-0.39, 0.29) is 12.5 Å². The third-order valence-electron chi connectivity index (χ3n) is 2.68. The summed E-state index contributed by atoms with van der Waals surface area (Å²) in [4.78, 5) is 22.7. The Morgan fingerprint density at radius 3 is 2.35 bits per heavy atom. The molecule has 1 amide bonds. The zero-order valence-electron chi connectivity index (χ0n) is 11.8. The quantitative estimate of drug-likeness (QED) is 0.787. The van der Waals surface area contributed by atoms with Crippen molar-refractivity contribution < 1.29 is 24.2 Å². The molecule has 20 heavy (non-hydrogen) atoms. The van der Waals surface area contributed by atoms with Crippen LogP contribution in [0, 0.1) is 5.92 Å². The minimum Gasteiger partial charge on any atom is -0.493 e. The predicted molar refractivity (Wildman–Crippen MR) is 72.9 cm³/mol. The van der Waals surface area contributed by atoms with E-state index in [1.165, 1.54) is 7.11 Å². The van der Waals surface area contributed by atoms with Crippen LogP contribution in [0.3, 0.4) is 0 Å². The highest BCUT2D eigenvalue weighted by Gasteiger charge is 2.23. The first-order valence-electron chi connectivity index (χ1n) is 6.23. The summed E-state index contributed by atoms with van der Waals surface area (Å²) in [7, 11) is 1.50. The van der Waals surface area contributed by atoms with Gasteiger partial charge in [0.25, 0.3) is 5.91 Å². The molecule has 0 heterocycles. The number of hydrogen-bond donors (Lipinski definition) is 2. The van der Waals surface area contributed by atoms with Crippen molar-refractivity contribution in [1.82, 2.24) is 5.32 Å². The van der Waals surface area contributed by atoms with Crippen LogP contribution in [0.25, 0.3) is 0 Å². The van der Waals surface area contributed by atoms with Crippen molar-refractivity contribution in [3.05, 3.63) is 24.3 Å². The molecule has 0 aliphatic heterocycles. The van der Waals surface area contributed by atoms with Crippen molar-refractivity contribution in [2.24, 2.45) is 5.92 Å². The number of hydrogen-bond acceptors (Lipinski definition) is 4. The molecule has 0 bridgehead atoms. The molecular formula is C14H19NO5. The molecule has 0 aliphatic carbocycles. The summed E-state index contributed by atoms with van der Waals surface area (Å²) < 4.78 is 10.4. The van der Waals surface area contributed by atoms with Gasteiger partial charge in [-0.1, -0.05) is 26.0 Å². The Labute approximate surface area is 117 Å². The number of para-hydroxylation sites is 2. The molecule has 0 fully saturated rings. The van der Waals surface area contributed by atoms with E-state index < -0.39 is 17.9 Å². The number of amides is 1. The Balaban J connectivity index is 2.57. The van der Waals surface area contributed by atoms with E-state index in [0.29, 0.717) is 11.5 Å². The average Bonchev–Trinajstić information content (AvgIpc) is 2.42. The summed E-state index contributed by atoms with van der Waals surface area (Å²) in [5, 5.41) is 11.4. The molecule has 0 saturated heterocycles. The van der Waals surface area contributed by atoms with Gasteiger partial charge >= 0.3 is 5.97 Å². The lowest BCUT2D eigenvalue weighted by Gasteiger charge is -2.18. The molecule has 6 heteroatoms. The fraction of sp³-hybridized carbons (Fsp3) is 0.429. The van der Waals surface area contributed by atoms with Gasteiger partial charge in [0.1, 0.15) is 6.04 Å². The molecule has 0 radical (unpaired) electrons. The van der Waals surface area contributed by atoms with Gasteiger partial charge in [-0.15, -0.1) is 0 Å². The van der Waals surface area contributed by atoms with Gasteiger partial charge in [0.05, 0.1) is 7.11 Å². The van der Waals surface area contributed by atoms with E-state index >= 15 is 0 Å². The van der Waals surface area contributed by atoms with Crippen LogP contribution in [-0.4, -0.2) is 36.7 Å². The number of carbonyl (C=O) groups excluding carboxylic acids is 1. The van der Waals surface area contributed by atoms with E-state index in [2.05, 4.69) is 5.32 Å². The molecule has 110 valence electrons. The predicted octanol–water partition coefficient (Wildman–Crippen LogP) is 1.30. The molecule has 2 N–H and O–H groups in total. The Hall–Kier alpha value is -2.24. The van der Waals surface area contributed by atoms with Crippen LogP contribution in [0.2, 0.25) is 0 Å². The maximum Gasteiger partial charge on any atom is 0.326 e. The number of carboxylic acid groups (broad SMARTS) is 1. The molecule has 1 atom stereocenters. The van der Waals surface area contributed by atoms with Crippen LogP contribution in [0.4, 0.5) is 0 Å². The van der Waals surface area contributed by atoms with Gasteiger partial charge in [0.2, 0.25) is 0 Å². The molecule has 0 saturated carbocycles. The summed E-state index contributed by atoms with van der Waals surface area (Å²) >= 11 is 0. The van der Waals surface area contributed by atoms with Crippen molar-refractivity contribution in [3.63, 3.8) is 0 Å². The van der Waals surface area contributed by atoms with Gasteiger partial charge in [-0.25, -0.2) is 4.79 Å². The second kappa shape index (κ2) is 7.37. The molecule has 0 aromatic heterocycles. The molecule has 0 aliphatic rings. The maximum atomic E-state index is 11.7. The lowest BCUT2D eigenvalue weighted by molar-refractivity contribution is -0.143. The summed E-state index contributed by atoms with van der Waals surface area (Å²) in [5.41, 5.74) is 0. The summed E-state index contributed by atoms with van der Waals surface area (Å²) in [6.07, 6.45) is 0. The van der Waals surface area contributed by atoms with Crippen molar-refractivity contribution in [2.75, 3.05) is 13.7 Å². The number of ether oxygens (including phenoxy) is 2. The molecule has 0 unspecified atom stereocenters. The number of nitrogens with one attached hydrogen (secondary N) is 1. The van der Waals surface area contributed by atoms with E-state index in [0.717, 1.165) is 0 Å². The van der Waals surface area contributed by atoms with Crippen molar-refractivity contribution in [1.29, 1.82) is 0 Å². The fourth-order valence-corrected chi connectivity index (χ4v) is 1.61. The van der Waals surface area contributed by atoms with Crippen LogP contribution >= 0.6 is 0 Å². The Morgan fingerprint density at radius 2 is 1.85 bits per heavy atom. The highest BCUT2D eigenvalue weighted by atomic mass is 16.5. The van der Waals surface area contributed by atoms with Gasteiger partial charge in [-0.3, -0.25) is 4.79 Å². The van der Waals surface area contributed by atoms with Gasteiger partial charge < -0.3 is 19.9 Å². The zero-order valence-corrected chi connectivity index (χ0v) is 11.8. The highest BCUT2D eigenvalue weighted by molar-refractivity contribution is 5.84. The van der Waals surface area contributed by atoms with Crippen LogP contribution in [0.15, 0.2) is 24.3 Å². The maximum absolute atomic E-state index is 11.7. The molecule has 1 rings (SSSR count). The van der Waals surface area contributed by atoms with Crippen LogP contribution in [0.1, 0.15) is 13.8 Å². The summed E-state index contributed by atoms with van der Waals surface area (Å²) in [6.45, 7) is 3.18. The van der Waals surface area contributed by atoms with E-state index in [4.69, 9.17) is 14.6 Å². The molecule has 1 aromatic carbocycles. The topological polar surface area (TPSA) is 84.9 Å². The minimum atomic E-state index is -1.06. The first-order chi connectivity index (χ1) is 9.45. The smallest absolute Gasteiger partial charge is 0.326 e. The molecule has 1 aromatic rings. The molecule has 6 nitrogen and oxygen atoms in total. The summed E-state index contributed by atoms with van der Waals surface area (Å²) in [6, 6.07) is 5.99. The van der Waals surface area contributed by atoms with Gasteiger partial charge in [0.15, 0.2) is 18.1 Å². The van der Waals surface area contributed by atoms with Crippen molar-refractivity contribution in [3.8, 4) is 11.5 Å². The van der Waals surface area contributed by atoms with E-state index in [1.807, 2.05) is 0 Å². The molecular weight excluding hydrogens is 262 g/mol. The average molecular weight is 281 g/mol. The Kier molecular flexibility index (Phi) is 5.83. The standard InChI is InChI=1S/C14H19NO5/c1-9(2)13(14(17)18)15-12(16)8-20-11-7-5-4-6-10(11)19-3/h4-7,9,13H,8H2,1-3H3,(H,15,16)(H,17,18)/t13-/m1/s1. The first kappa shape index (κ1) is 15.8. The molecule has 0 spiro atoms. The van der Waals surface area contributed by atoms with Crippen molar-refractivity contribution >= 4 is 11.9 Å². The minimum absolute atomic E-state index is 0.206. The number of rotatable bonds is 7. The Bertz CT molecular complexity index is 472. The number of benzene rings is 1. The number of carbonyl (C=O) groups is 2. The number of methoxy groups -OCH3 is 1. The largest absolute Gasteiger partial charge is 0.493 e. The second-order valence-corrected chi connectivity index (χ2v) is 4.57. The van der Waals surface area contributed by atoms with Gasteiger partial charge in [-0.05, 0) is 18.1 Å². The SMILES string of the molecule is COc1ccccc1OCC(=O)N[C@@H](C(=O)O)C(C)C. The van der Waals surface area contributed by atoms with Gasteiger partial charge in [0, 0.05) is 0 Å². The first-order valence-corrected chi connectivity index (χ1v) is 6.23. The van der Waals surface area contributed by atoms with Crippen LogP contribution in [-0.2, 0) is 9.59 Å². The van der Waals surface area contributed by atoms with Crippen molar-refractivity contribution in [2.45, 2.75) is 19.9 Å². The normalized spacial score (nSPS) is 11.8. The van der Waals surface area contributed by atoms with Crippen LogP contribution < -0.4 is 14.8 Å². The fourth-order valence-electron chi connectivity index (χ4n) is 1.61. The zero-order chi connectivity index (χ0) is 15.1. The lowest BCUT2D eigenvalue weighted by atomic mass is 10.1. The number of aliphatic carboxylic acids is 1. The third kappa shape index (κ3) is 4.46. The third-order valence-corrected chi connectivity index (χ3v) is 2.68. The summed E-state index contributed by atoms with van der Waals surface area (Å²) in [5.74, 6) is -0.814. The monoisotopic (exact) mass is 281 g/mol. The van der Waals surface area contributed by atoms with Gasteiger partial charge in [-0.2, -0.15) is 0 Å². The second-order valence-electron chi connectivity index (χ2n) is 4.57. The van der Waals surface area contributed by atoms with E-state index in [1.54, 1.807) is 38.1 Å². The number of carboxylic acids is 1. The van der Waals surface area contributed by atoms with Crippen LogP contribution in [0.5, 0.6) is 11.5 Å². The van der Waals surface area contributed by atoms with E-state index in [9.17, 15) is 9.59 Å². The Morgan fingerprint density at radius 1 is 1.25 bits per heavy atom.